The van der Waals surface area contributed by atoms with Gasteiger partial charge in [-0.2, -0.15) is 12.2 Å². The van der Waals surface area contributed by atoms with Gasteiger partial charge >= 0.3 is 25.8 Å². The van der Waals surface area contributed by atoms with Crippen LogP contribution >= 0.6 is 0 Å². The summed E-state index contributed by atoms with van der Waals surface area (Å²) in [5.41, 5.74) is 0. The van der Waals surface area contributed by atoms with Crippen molar-refractivity contribution >= 4 is 16.1 Å². The second kappa shape index (κ2) is 7.89. The molecule has 0 spiro atoms. The number of hydrogen-bond acceptors (Lipinski definition) is 0. The Labute approximate surface area is 143 Å². The average molecular weight is 455 g/mol. The van der Waals surface area contributed by atoms with Gasteiger partial charge in [-0.3, -0.25) is 12.2 Å². The van der Waals surface area contributed by atoms with Crippen molar-refractivity contribution in [2.75, 3.05) is 0 Å². The first-order valence-corrected chi connectivity index (χ1v) is 13.8. The Morgan fingerprint density at radius 1 is 0.789 bits per heavy atom. The zero-order chi connectivity index (χ0) is 13.8. The van der Waals surface area contributed by atoms with Gasteiger partial charge in [0.15, 0.2) is 0 Å². The Kier molecular flexibility index (Phi) is 8.00. The van der Waals surface area contributed by atoms with Crippen molar-refractivity contribution in [3.05, 3.63) is 46.8 Å². The van der Waals surface area contributed by atoms with Gasteiger partial charge in [0.1, 0.15) is 0 Å². The Morgan fingerprint density at radius 2 is 1.11 bits per heavy atom. The molecular weight excluding hydrogens is 427 g/mol. The Morgan fingerprint density at radius 3 is 1.21 bits per heavy atom. The largest absolute Gasteiger partial charge is 4.00 e. The smallest absolute Gasteiger partial charge is 1.00 e. The molecule has 0 radical (unpaired) electrons. The van der Waals surface area contributed by atoms with Gasteiger partial charge < -0.3 is 2.85 Å². The summed E-state index contributed by atoms with van der Waals surface area (Å²) in [6, 6.07) is 0. The molecule has 2 aliphatic carbocycles. The normalized spacial score (nSPS) is 17.4. The molecule has 3 heteroatoms. The van der Waals surface area contributed by atoms with E-state index in [0.717, 1.165) is 12.8 Å². The van der Waals surface area contributed by atoms with Crippen molar-refractivity contribution in [3.8, 4) is 0 Å². The molecule has 0 nitrogen and oxygen atoms in total. The standard InChI is InChI=1S/2C8H13Si.Hf.2H/c2*1-9(2,3)8-6-4-5-7-8;;;/h2*4,6H,5H2,1-3H3;;;/q2*-1;+4;2*-1. The van der Waals surface area contributed by atoms with Crippen molar-refractivity contribution in [3.63, 3.8) is 0 Å². The zero-order valence-electron chi connectivity index (χ0n) is 15.2. The molecule has 0 unspecified atom stereocenters. The first kappa shape index (κ1) is 19.3. The minimum atomic E-state index is -1.01. The minimum absolute atomic E-state index is 0. The second-order valence-electron chi connectivity index (χ2n) is 6.89. The maximum absolute atomic E-state index is 3.36. The molecule has 0 aromatic heterocycles. The van der Waals surface area contributed by atoms with E-state index in [1.807, 2.05) is 0 Å². The van der Waals surface area contributed by atoms with Crippen molar-refractivity contribution in [2.45, 2.75) is 52.1 Å². The van der Waals surface area contributed by atoms with E-state index in [2.05, 4.69) is 75.7 Å². The summed E-state index contributed by atoms with van der Waals surface area (Å²) < 4.78 is 0. The molecule has 0 amide bonds. The van der Waals surface area contributed by atoms with Gasteiger partial charge in [-0.15, -0.1) is 12.8 Å². The first-order chi connectivity index (χ1) is 8.21. The number of rotatable bonds is 2. The summed E-state index contributed by atoms with van der Waals surface area (Å²) in [6.45, 7) is 14.1. The molecule has 0 N–H and O–H groups in total. The number of allylic oxidation sites excluding steroid dienone is 8. The van der Waals surface area contributed by atoms with E-state index in [1.54, 1.807) is 0 Å². The maximum Gasteiger partial charge on any atom is 4.00 e. The predicted octanol–water partition coefficient (Wildman–Crippen LogP) is 5.33. The summed E-state index contributed by atoms with van der Waals surface area (Å²) in [7, 11) is -2.01. The van der Waals surface area contributed by atoms with Gasteiger partial charge in [0.25, 0.3) is 0 Å². The molecule has 0 heterocycles. The SMILES string of the molecule is C[Si](C)(C)C1=[C-]CC=C1.C[Si](C)(C)C1=[C-]CC=C1.[H-].[H-].[Hf+4]. The van der Waals surface area contributed by atoms with Gasteiger partial charge in [-0.25, -0.2) is 22.5 Å². The van der Waals surface area contributed by atoms with Gasteiger partial charge in [0.05, 0.1) is 0 Å². The van der Waals surface area contributed by atoms with E-state index in [0.29, 0.717) is 0 Å². The maximum atomic E-state index is 3.36. The van der Waals surface area contributed by atoms with E-state index in [9.17, 15) is 0 Å². The van der Waals surface area contributed by atoms with E-state index in [-0.39, 0.29) is 28.7 Å². The molecule has 0 aliphatic heterocycles. The van der Waals surface area contributed by atoms with E-state index in [1.165, 1.54) is 10.4 Å². The Hall–Kier alpha value is 0.264. The van der Waals surface area contributed by atoms with Crippen LogP contribution < -0.4 is 0 Å². The molecule has 0 aromatic rings. The first-order valence-electron chi connectivity index (χ1n) is 6.77. The van der Waals surface area contributed by atoms with Crippen molar-refractivity contribution in [1.82, 2.24) is 0 Å². The van der Waals surface area contributed by atoms with Crippen molar-refractivity contribution in [1.29, 1.82) is 0 Å². The summed E-state index contributed by atoms with van der Waals surface area (Å²) >= 11 is 0. The Balaban J connectivity index is -0.000000270. The molecule has 2 aliphatic rings. The van der Waals surface area contributed by atoms with E-state index >= 15 is 0 Å². The Bertz CT molecular complexity index is 371. The molecule has 0 atom stereocenters. The van der Waals surface area contributed by atoms with Crippen LogP contribution in [0.15, 0.2) is 34.7 Å². The monoisotopic (exact) mass is 456 g/mol. The zero-order valence-corrected chi connectivity index (χ0v) is 18.8. The van der Waals surface area contributed by atoms with E-state index < -0.39 is 16.1 Å². The van der Waals surface area contributed by atoms with Gasteiger partial charge in [0, 0.05) is 16.1 Å². The molecular formula is C16H28HfSi2. The van der Waals surface area contributed by atoms with Crippen LogP contribution in [0.3, 0.4) is 0 Å². The second-order valence-corrected chi connectivity index (χ2v) is 17.0. The summed E-state index contributed by atoms with van der Waals surface area (Å²) in [5.74, 6) is 0. The molecule has 0 fully saturated rings. The molecule has 2 rings (SSSR count). The van der Waals surface area contributed by atoms with Crippen LogP contribution in [0.5, 0.6) is 0 Å². The fourth-order valence-corrected chi connectivity index (χ4v) is 4.34. The quantitative estimate of drug-likeness (QED) is 0.391. The van der Waals surface area contributed by atoms with Crippen LogP contribution in [-0.2, 0) is 25.8 Å². The summed E-state index contributed by atoms with van der Waals surface area (Å²) in [4.78, 5) is 0. The van der Waals surface area contributed by atoms with Crippen LogP contribution in [0.4, 0.5) is 0 Å². The third kappa shape index (κ3) is 7.00. The van der Waals surface area contributed by atoms with E-state index in [4.69, 9.17) is 0 Å². The molecule has 19 heavy (non-hydrogen) atoms. The summed E-state index contributed by atoms with van der Waals surface area (Å²) in [5, 5.41) is 2.98. The molecule has 104 valence electrons. The third-order valence-corrected chi connectivity index (χ3v) is 6.92. The van der Waals surface area contributed by atoms with Crippen LogP contribution in [0, 0.1) is 12.2 Å². The fourth-order valence-electron chi connectivity index (χ4n) is 1.84. The van der Waals surface area contributed by atoms with Gasteiger partial charge in [-0.1, -0.05) is 39.3 Å². The minimum Gasteiger partial charge on any atom is -1.00 e. The number of hydrogen-bond donors (Lipinski definition) is 0. The molecule has 0 saturated carbocycles. The molecule has 0 bridgehead atoms. The van der Waals surface area contributed by atoms with Gasteiger partial charge in [-0.05, 0) is 0 Å². The molecule has 0 saturated heterocycles. The molecule has 0 aromatic carbocycles. The third-order valence-electron chi connectivity index (χ3n) is 3.01. The van der Waals surface area contributed by atoms with Crippen LogP contribution in [-0.4, -0.2) is 16.1 Å². The van der Waals surface area contributed by atoms with Crippen LogP contribution in [0.2, 0.25) is 39.3 Å². The van der Waals surface area contributed by atoms with Crippen LogP contribution in [0.25, 0.3) is 0 Å². The van der Waals surface area contributed by atoms with Crippen molar-refractivity contribution in [2.24, 2.45) is 0 Å². The van der Waals surface area contributed by atoms with Crippen molar-refractivity contribution < 1.29 is 28.7 Å². The average Bonchev–Trinajstić information content (AvgIpc) is 2.91. The summed E-state index contributed by atoms with van der Waals surface area (Å²) in [6.07, 6.45) is 17.6. The predicted molar refractivity (Wildman–Crippen MR) is 89.9 cm³/mol. The fraction of sp³-hybridized carbons (Fsp3) is 0.500. The van der Waals surface area contributed by atoms with Gasteiger partial charge in [0.2, 0.25) is 0 Å². The van der Waals surface area contributed by atoms with Crippen LogP contribution in [0.1, 0.15) is 15.7 Å². The topological polar surface area (TPSA) is 0 Å².